The number of thiophene rings is 1. The van der Waals surface area contributed by atoms with E-state index in [1.807, 2.05) is 26.8 Å². The van der Waals surface area contributed by atoms with E-state index in [2.05, 4.69) is 27.1 Å². The Balaban J connectivity index is 0.00000480. The van der Waals surface area contributed by atoms with Crippen molar-refractivity contribution < 1.29 is 14.3 Å². The molecule has 0 saturated carbocycles. The number of ether oxygens (including phenoxy) is 1. The summed E-state index contributed by atoms with van der Waals surface area (Å²) in [7, 11) is 3.43. The van der Waals surface area contributed by atoms with Crippen molar-refractivity contribution in [3.63, 3.8) is 0 Å². The highest BCUT2D eigenvalue weighted by Crippen LogP contribution is 2.15. The van der Waals surface area contributed by atoms with E-state index in [9.17, 15) is 9.59 Å². The number of hydrogen-bond donors (Lipinski definition) is 2. The summed E-state index contributed by atoms with van der Waals surface area (Å²) in [6, 6.07) is 4.19. The molecular weight excluding hydrogens is 529 g/mol. The number of carbonyl (C=O) groups is 2. The van der Waals surface area contributed by atoms with E-state index in [0.29, 0.717) is 25.6 Å². The summed E-state index contributed by atoms with van der Waals surface area (Å²) >= 11 is 1.72. The van der Waals surface area contributed by atoms with E-state index >= 15 is 0 Å². The van der Waals surface area contributed by atoms with Crippen LogP contribution in [0.1, 0.15) is 38.5 Å². The van der Waals surface area contributed by atoms with Crippen LogP contribution < -0.4 is 10.6 Å². The molecule has 0 radical (unpaired) electrons. The van der Waals surface area contributed by atoms with Crippen molar-refractivity contribution in [2.45, 2.75) is 51.7 Å². The van der Waals surface area contributed by atoms with Gasteiger partial charge in [0.15, 0.2) is 5.96 Å². The molecule has 0 aromatic carbocycles. The lowest BCUT2D eigenvalue weighted by Crippen LogP contribution is -2.53. The summed E-state index contributed by atoms with van der Waals surface area (Å²) in [6.45, 7) is 7.62. The number of likely N-dealkylation sites (N-methyl/N-ethyl adjacent to an activating group) is 1. The third kappa shape index (κ3) is 10.5. The van der Waals surface area contributed by atoms with Crippen LogP contribution >= 0.6 is 35.3 Å². The molecule has 10 heteroatoms. The fourth-order valence-electron chi connectivity index (χ4n) is 2.98. The molecule has 1 aliphatic rings. The summed E-state index contributed by atoms with van der Waals surface area (Å²) in [5, 5.41) is 8.78. The Morgan fingerprint density at radius 3 is 2.71 bits per heavy atom. The Kier molecular flexibility index (Phi) is 11.6. The molecule has 2 N–H and O–H groups in total. The van der Waals surface area contributed by atoms with Crippen molar-refractivity contribution in [1.82, 2.24) is 20.4 Å². The van der Waals surface area contributed by atoms with Crippen LogP contribution in [0.3, 0.4) is 0 Å². The van der Waals surface area contributed by atoms with Gasteiger partial charge in [-0.05, 0) is 51.5 Å². The van der Waals surface area contributed by atoms with Gasteiger partial charge in [-0.2, -0.15) is 0 Å². The summed E-state index contributed by atoms with van der Waals surface area (Å²) in [5.41, 5.74) is -0.514. The van der Waals surface area contributed by atoms with Gasteiger partial charge in [0, 0.05) is 44.6 Å². The molecule has 1 saturated heterocycles. The largest absolute Gasteiger partial charge is 0.444 e. The van der Waals surface area contributed by atoms with E-state index in [0.717, 1.165) is 19.3 Å². The minimum absolute atomic E-state index is 0. The molecule has 1 aliphatic heterocycles. The van der Waals surface area contributed by atoms with Gasteiger partial charge >= 0.3 is 6.09 Å². The highest BCUT2D eigenvalue weighted by molar-refractivity contribution is 14.0. The van der Waals surface area contributed by atoms with E-state index in [4.69, 9.17) is 4.74 Å². The molecule has 2 amide bonds. The van der Waals surface area contributed by atoms with Crippen LogP contribution in [0, 0.1) is 0 Å². The zero-order chi connectivity index (χ0) is 22.1. The van der Waals surface area contributed by atoms with Gasteiger partial charge in [0.05, 0.1) is 0 Å². The van der Waals surface area contributed by atoms with Crippen LogP contribution in [-0.4, -0.2) is 79.7 Å². The van der Waals surface area contributed by atoms with E-state index in [1.54, 1.807) is 30.3 Å². The van der Waals surface area contributed by atoms with Crippen LogP contribution in [0.25, 0.3) is 0 Å². The Hall–Kier alpha value is -1.56. The maximum Gasteiger partial charge on any atom is 0.410 e. The van der Waals surface area contributed by atoms with Crippen LogP contribution in [0.2, 0.25) is 0 Å². The first kappa shape index (κ1) is 27.5. The molecule has 176 valence electrons. The second kappa shape index (κ2) is 13.1. The molecule has 0 spiro atoms. The molecule has 1 unspecified atom stereocenters. The molecule has 31 heavy (non-hydrogen) atoms. The number of amides is 2. The molecule has 8 nitrogen and oxygen atoms in total. The highest BCUT2D eigenvalue weighted by atomic mass is 127. The molecule has 1 aromatic rings. The number of likely N-dealkylation sites (tertiary alicyclic amines) is 1. The SMILES string of the molecule is CN(C)C(=O)CN=C(NCCc1cccs1)NC1CCCN(C(=O)OC(C)(C)C)C1.I. The van der Waals surface area contributed by atoms with Crippen molar-refractivity contribution >= 4 is 53.3 Å². The van der Waals surface area contributed by atoms with Gasteiger partial charge in [-0.15, -0.1) is 35.3 Å². The average Bonchev–Trinajstić information content (AvgIpc) is 3.18. The van der Waals surface area contributed by atoms with Gasteiger partial charge in [0.1, 0.15) is 12.1 Å². The summed E-state index contributed by atoms with van der Waals surface area (Å²) in [4.78, 5) is 33.4. The number of nitrogens with zero attached hydrogens (tertiary/aromatic N) is 3. The maximum absolute atomic E-state index is 12.4. The minimum Gasteiger partial charge on any atom is -0.444 e. The Bertz CT molecular complexity index is 719. The summed E-state index contributed by atoms with van der Waals surface area (Å²) < 4.78 is 5.51. The van der Waals surface area contributed by atoms with Crippen LogP contribution in [0.5, 0.6) is 0 Å². The first-order valence-corrected chi connectivity index (χ1v) is 11.3. The number of halogens is 1. The molecular formula is C21H36IN5O3S. The fraction of sp³-hybridized carbons (Fsp3) is 0.667. The van der Waals surface area contributed by atoms with Crippen molar-refractivity contribution in [3.8, 4) is 0 Å². The van der Waals surface area contributed by atoms with Gasteiger partial charge in [0.2, 0.25) is 5.91 Å². The lowest BCUT2D eigenvalue weighted by atomic mass is 10.1. The number of rotatable bonds is 6. The second-order valence-electron chi connectivity index (χ2n) is 8.62. The topological polar surface area (TPSA) is 86.3 Å². The van der Waals surface area contributed by atoms with Crippen LogP contribution in [0.4, 0.5) is 4.79 Å². The van der Waals surface area contributed by atoms with Gasteiger partial charge in [0.25, 0.3) is 0 Å². The van der Waals surface area contributed by atoms with Crippen LogP contribution in [-0.2, 0) is 16.0 Å². The average molecular weight is 566 g/mol. The fourth-order valence-corrected chi connectivity index (χ4v) is 3.69. The Morgan fingerprint density at radius 2 is 2.10 bits per heavy atom. The molecule has 2 heterocycles. The van der Waals surface area contributed by atoms with Gasteiger partial charge in [-0.1, -0.05) is 6.07 Å². The maximum atomic E-state index is 12.4. The second-order valence-corrected chi connectivity index (χ2v) is 9.65. The summed E-state index contributed by atoms with van der Waals surface area (Å²) in [5.74, 6) is 0.533. The van der Waals surface area contributed by atoms with E-state index < -0.39 is 5.60 Å². The standard InChI is InChI=1S/C21H35N5O3S.HI/c1-21(2,3)29-20(28)26-12-6-8-16(15-26)24-19(23-14-18(27)25(4)5)22-11-10-17-9-7-13-30-17;/h7,9,13,16H,6,8,10-12,14-15H2,1-5H3,(H2,22,23,24);1H. The van der Waals surface area contributed by atoms with Gasteiger partial charge < -0.3 is 25.2 Å². The number of piperidine rings is 1. The lowest BCUT2D eigenvalue weighted by molar-refractivity contribution is -0.127. The van der Waals surface area contributed by atoms with Crippen molar-refractivity contribution in [2.24, 2.45) is 4.99 Å². The zero-order valence-electron chi connectivity index (χ0n) is 19.1. The molecule has 1 atom stereocenters. The first-order valence-electron chi connectivity index (χ1n) is 10.4. The van der Waals surface area contributed by atoms with Crippen molar-refractivity contribution in [3.05, 3.63) is 22.4 Å². The first-order chi connectivity index (χ1) is 14.1. The predicted molar refractivity (Wildman–Crippen MR) is 136 cm³/mol. The van der Waals surface area contributed by atoms with Crippen LogP contribution in [0.15, 0.2) is 22.5 Å². The quantitative estimate of drug-likeness (QED) is 0.315. The highest BCUT2D eigenvalue weighted by Gasteiger charge is 2.28. The monoisotopic (exact) mass is 565 g/mol. The van der Waals surface area contributed by atoms with Crippen molar-refractivity contribution in [1.29, 1.82) is 0 Å². The summed E-state index contributed by atoms with van der Waals surface area (Å²) in [6.07, 6.45) is 2.40. The van der Waals surface area contributed by atoms with Crippen molar-refractivity contribution in [2.75, 3.05) is 40.3 Å². The minimum atomic E-state index is -0.514. The van der Waals surface area contributed by atoms with E-state index in [-0.39, 0.29) is 48.6 Å². The molecule has 2 rings (SSSR count). The molecule has 0 aliphatic carbocycles. The third-order valence-electron chi connectivity index (χ3n) is 4.53. The number of guanidine groups is 1. The van der Waals surface area contributed by atoms with Gasteiger partial charge in [-0.3, -0.25) is 4.79 Å². The zero-order valence-corrected chi connectivity index (χ0v) is 22.3. The van der Waals surface area contributed by atoms with E-state index in [1.165, 1.54) is 9.78 Å². The lowest BCUT2D eigenvalue weighted by Gasteiger charge is -2.35. The molecule has 0 bridgehead atoms. The number of carbonyl (C=O) groups excluding carboxylic acids is 2. The Morgan fingerprint density at radius 1 is 1.35 bits per heavy atom. The number of nitrogens with one attached hydrogen (secondary N) is 2. The molecule has 1 fully saturated rings. The smallest absolute Gasteiger partial charge is 0.410 e. The predicted octanol–water partition coefficient (Wildman–Crippen LogP) is 2.93. The van der Waals surface area contributed by atoms with Gasteiger partial charge in [-0.25, -0.2) is 9.79 Å². The molecule has 1 aromatic heterocycles. The normalized spacial score (nSPS) is 16.9. The number of aliphatic imine (C=N–C) groups is 1. The number of hydrogen-bond acceptors (Lipinski definition) is 5. The third-order valence-corrected chi connectivity index (χ3v) is 5.47. The Labute approximate surface area is 206 Å².